The van der Waals surface area contributed by atoms with Crippen LogP contribution in [-0.4, -0.2) is 9.79 Å². The van der Waals surface area contributed by atoms with E-state index in [2.05, 4.69) is 31.2 Å². The second kappa shape index (κ2) is 6.74. The fourth-order valence-corrected chi connectivity index (χ4v) is 4.34. The van der Waals surface area contributed by atoms with E-state index in [0.29, 0.717) is 5.75 Å². The van der Waals surface area contributed by atoms with Gasteiger partial charge < -0.3 is 14.3 Å². The molecule has 0 radical (unpaired) electrons. The van der Waals surface area contributed by atoms with Crippen molar-refractivity contribution in [1.29, 1.82) is 0 Å². The van der Waals surface area contributed by atoms with E-state index in [1.54, 1.807) is 0 Å². The molecule has 0 aromatic heterocycles. The molecular formula is C22H19O3PS. The van der Waals surface area contributed by atoms with E-state index in [4.69, 9.17) is 16.3 Å². The zero-order valence-electron chi connectivity index (χ0n) is 15.0. The van der Waals surface area contributed by atoms with Crippen LogP contribution in [0, 0.1) is 13.8 Å². The molecule has 0 bridgehead atoms. The van der Waals surface area contributed by atoms with Gasteiger partial charge in [-0.2, -0.15) is 0 Å². The molecule has 0 atom stereocenters. The van der Waals surface area contributed by atoms with Crippen molar-refractivity contribution in [3.63, 3.8) is 0 Å². The molecule has 136 valence electrons. The van der Waals surface area contributed by atoms with Crippen LogP contribution in [0.1, 0.15) is 11.1 Å². The molecule has 5 heteroatoms. The summed E-state index contributed by atoms with van der Waals surface area (Å²) in [5.74, 6) is 0.429. The summed E-state index contributed by atoms with van der Waals surface area (Å²) in [4.78, 5) is 19.7. The largest absolute Gasteiger partial charge is 0.423 e. The van der Waals surface area contributed by atoms with Crippen LogP contribution < -0.4 is 4.52 Å². The Labute approximate surface area is 163 Å². The SMILES string of the molecule is Cc1cc(-c2c(OP(O)(O)=S)c(C)cc3ccccc23)c2ccccc2c1. The third-order valence-corrected chi connectivity index (χ3v) is 5.32. The maximum Gasteiger partial charge on any atom is 0.375 e. The molecule has 0 spiro atoms. The Bertz CT molecular complexity index is 1230. The molecule has 0 heterocycles. The normalized spacial score (nSPS) is 11.9. The van der Waals surface area contributed by atoms with Crippen LogP contribution in [-0.2, 0) is 11.8 Å². The monoisotopic (exact) mass is 394 g/mol. The van der Waals surface area contributed by atoms with Gasteiger partial charge >= 0.3 is 6.72 Å². The minimum atomic E-state index is -3.88. The number of rotatable bonds is 3. The zero-order chi connectivity index (χ0) is 19.2. The van der Waals surface area contributed by atoms with Gasteiger partial charge in [0.25, 0.3) is 0 Å². The molecule has 0 saturated carbocycles. The lowest BCUT2D eigenvalue weighted by Gasteiger charge is -2.20. The van der Waals surface area contributed by atoms with Gasteiger partial charge in [0.1, 0.15) is 5.75 Å². The molecule has 0 fully saturated rings. The first-order chi connectivity index (χ1) is 12.8. The van der Waals surface area contributed by atoms with Crippen molar-refractivity contribution in [2.75, 3.05) is 0 Å². The molecule has 4 aromatic rings. The summed E-state index contributed by atoms with van der Waals surface area (Å²) in [7, 11) is 0. The van der Waals surface area contributed by atoms with Crippen molar-refractivity contribution in [2.45, 2.75) is 13.8 Å². The van der Waals surface area contributed by atoms with Gasteiger partial charge in [0.05, 0.1) is 0 Å². The number of benzene rings is 4. The highest BCUT2D eigenvalue weighted by Crippen LogP contribution is 2.48. The van der Waals surface area contributed by atoms with E-state index in [1.807, 2.05) is 49.4 Å². The Morgan fingerprint density at radius 2 is 1.41 bits per heavy atom. The highest BCUT2D eigenvalue weighted by molar-refractivity contribution is 8.06. The van der Waals surface area contributed by atoms with E-state index in [1.165, 1.54) is 0 Å². The lowest BCUT2D eigenvalue weighted by atomic mass is 9.90. The summed E-state index contributed by atoms with van der Waals surface area (Å²) >= 11 is 4.78. The highest BCUT2D eigenvalue weighted by Gasteiger charge is 2.21. The van der Waals surface area contributed by atoms with E-state index in [-0.39, 0.29) is 0 Å². The maximum absolute atomic E-state index is 9.87. The minimum Gasteiger partial charge on any atom is -0.423 e. The summed E-state index contributed by atoms with van der Waals surface area (Å²) in [6.07, 6.45) is 0. The Hall–Kier alpha value is -2.23. The van der Waals surface area contributed by atoms with Crippen LogP contribution >= 0.6 is 6.72 Å². The molecular weight excluding hydrogens is 375 g/mol. The van der Waals surface area contributed by atoms with E-state index < -0.39 is 6.72 Å². The van der Waals surface area contributed by atoms with Gasteiger partial charge in [-0.05, 0) is 58.1 Å². The van der Waals surface area contributed by atoms with Crippen LogP contribution in [0.2, 0.25) is 0 Å². The fourth-order valence-electron chi connectivity index (χ4n) is 3.64. The van der Waals surface area contributed by atoms with E-state index in [9.17, 15) is 9.79 Å². The highest BCUT2D eigenvalue weighted by atomic mass is 32.5. The second-order valence-electron chi connectivity index (χ2n) is 6.73. The van der Waals surface area contributed by atoms with Crippen LogP contribution in [0.4, 0.5) is 0 Å². The average Bonchev–Trinajstić information content (AvgIpc) is 2.60. The number of fused-ring (bicyclic) bond motifs is 2. The van der Waals surface area contributed by atoms with Gasteiger partial charge in [0, 0.05) is 17.4 Å². The summed E-state index contributed by atoms with van der Waals surface area (Å²) < 4.78 is 5.55. The lowest BCUT2D eigenvalue weighted by molar-refractivity contribution is 0.370. The van der Waals surface area contributed by atoms with Crippen LogP contribution in [0.5, 0.6) is 5.75 Å². The van der Waals surface area contributed by atoms with Crippen molar-refractivity contribution in [1.82, 2.24) is 0 Å². The molecule has 0 saturated heterocycles. The molecule has 3 nitrogen and oxygen atoms in total. The topological polar surface area (TPSA) is 49.7 Å². The summed E-state index contributed by atoms with van der Waals surface area (Å²) in [6, 6.07) is 22.4. The first-order valence-electron chi connectivity index (χ1n) is 8.61. The average molecular weight is 394 g/mol. The summed E-state index contributed by atoms with van der Waals surface area (Å²) in [6.45, 7) is 0.0707. The van der Waals surface area contributed by atoms with E-state index >= 15 is 0 Å². The lowest BCUT2D eigenvalue weighted by Crippen LogP contribution is -1.97. The fraction of sp³-hybridized carbons (Fsp3) is 0.0909. The van der Waals surface area contributed by atoms with Gasteiger partial charge in [0.15, 0.2) is 0 Å². The summed E-state index contributed by atoms with van der Waals surface area (Å²) in [5, 5.41) is 4.24. The van der Waals surface area contributed by atoms with Gasteiger partial charge in [-0.3, -0.25) is 0 Å². The first kappa shape index (κ1) is 18.1. The first-order valence-corrected chi connectivity index (χ1v) is 11.2. The molecule has 4 rings (SSSR count). The van der Waals surface area contributed by atoms with Crippen molar-refractivity contribution >= 4 is 40.1 Å². The van der Waals surface area contributed by atoms with Crippen LogP contribution in [0.15, 0.2) is 66.7 Å². The van der Waals surface area contributed by atoms with Crippen molar-refractivity contribution < 1.29 is 14.3 Å². The second-order valence-corrected chi connectivity index (χ2v) is 9.32. The van der Waals surface area contributed by atoms with Crippen molar-refractivity contribution in [3.8, 4) is 16.9 Å². The Kier molecular flexibility index (Phi) is 4.53. The number of hydrogen-bond acceptors (Lipinski definition) is 2. The maximum atomic E-state index is 9.87. The third kappa shape index (κ3) is 3.50. The van der Waals surface area contributed by atoms with Crippen molar-refractivity contribution in [2.24, 2.45) is 0 Å². The molecule has 27 heavy (non-hydrogen) atoms. The standard InChI is InChI=1S/C22H19O3PS/c1-14-11-16-7-3-5-9-18(16)20(12-14)21-19-10-6-4-8-17(19)13-15(2)22(21)25-26(23,24)27/h3-13H,1-2H3,(H2,23,24,27). The Balaban J connectivity index is 2.18. The minimum absolute atomic E-state index is 0.429. The molecule has 2 N–H and O–H groups in total. The zero-order valence-corrected chi connectivity index (χ0v) is 16.7. The van der Waals surface area contributed by atoms with Crippen LogP contribution in [0.25, 0.3) is 32.7 Å². The Morgan fingerprint density at radius 1 is 0.815 bits per heavy atom. The Morgan fingerprint density at radius 3 is 2.07 bits per heavy atom. The molecule has 0 aliphatic rings. The number of hydrogen-bond donors (Lipinski definition) is 2. The summed E-state index contributed by atoms with van der Waals surface area (Å²) in [5.41, 5.74) is 3.76. The van der Waals surface area contributed by atoms with Crippen molar-refractivity contribution in [3.05, 3.63) is 77.9 Å². The quantitative estimate of drug-likeness (QED) is 0.427. The molecule has 0 unspecified atom stereocenters. The third-order valence-electron chi connectivity index (χ3n) is 4.67. The van der Waals surface area contributed by atoms with Gasteiger partial charge in [-0.25, -0.2) is 0 Å². The molecule has 0 amide bonds. The smallest absolute Gasteiger partial charge is 0.375 e. The van der Waals surface area contributed by atoms with Gasteiger partial charge in [0.2, 0.25) is 0 Å². The molecule has 0 aliphatic heterocycles. The van der Waals surface area contributed by atoms with E-state index in [0.717, 1.165) is 43.8 Å². The molecule has 4 aromatic carbocycles. The predicted molar refractivity (Wildman–Crippen MR) is 116 cm³/mol. The number of aryl methyl sites for hydroxylation is 2. The van der Waals surface area contributed by atoms with Gasteiger partial charge in [-0.15, -0.1) is 0 Å². The van der Waals surface area contributed by atoms with Crippen LogP contribution in [0.3, 0.4) is 0 Å². The van der Waals surface area contributed by atoms with Gasteiger partial charge in [-0.1, -0.05) is 60.7 Å². The predicted octanol–water partition coefficient (Wildman–Crippen LogP) is 5.86. The molecule has 0 aliphatic carbocycles.